The van der Waals surface area contributed by atoms with Crippen LogP contribution in [-0.2, 0) is 9.47 Å². The van der Waals surface area contributed by atoms with E-state index in [1.54, 1.807) is 0 Å². The molecule has 0 radical (unpaired) electrons. The number of ether oxygens (including phenoxy) is 2. The summed E-state index contributed by atoms with van der Waals surface area (Å²) in [6, 6.07) is 0. The van der Waals surface area contributed by atoms with Gasteiger partial charge < -0.3 is 25.0 Å². The van der Waals surface area contributed by atoms with Gasteiger partial charge in [0.05, 0.1) is 39.6 Å². The van der Waals surface area contributed by atoms with E-state index in [2.05, 4.69) is 5.32 Å². The highest BCUT2D eigenvalue weighted by Crippen LogP contribution is 1.76. The summed E-state index contributed by atoms with van der Waals surface area (Å²) in [7, 11) is 0. The van der Waals surface area contributed by atoms with Gasteiger partial charge in [-0.2, -0.15) is 0 Å². The van der Waals surface area contributed by atoms with Gasteiger partial charge in [-0.1, -0.05) is 0 Å². The van der Waals surface area contributed by atoms with Crippen molar-refractivity contribution in [2.75, 3.05) is 52.7 Å². The Morgan fingerprint density at radius 3 is 1.46 bits per heavy atom. The molecule has 5 nitrogen and oxygen atoms in total. The fourth-order valence-electron chi connectivity index (χ4n) is 0.451. The quantitative estimate of drug-likeness (QED) is 0.342. The number of nitrogens with one attached hydrogen (secondary N) is 1. The third kappa shape index (κ3) is 18.6. The van der Waals surface area contributed by atoms with Gasteiger partial charge in [0.2, 0.25) is 0 Å². The molecule has 80 valence electrons. The Labute approximate surface area is 78.7 Å². The lowest BCUT2D eigenvalue weighted by Crippen LogP contribution is -2.09. The monoisotopic (exact) mass is 193 g/mol. The van der Waals surface area contributed by atoms with Gasteiger partial charge >= 0.3 is 0 Å². The maximum absolute atomic E-state index is 8.26. The van der Waals surface area contributed by atoms with Crippen LogP contribution in [0.2, 0.25) is 0 Å². The van der Waals surface area contributed by atoms with E-state index in [1.807, 2.05) is 0 Å². The molecule has 0 amide bonds. The Balaban J connectivity index is 0.000000396. The molecule has 13 heavy (non-hydrogen) atoms. The van der Waals surface area contributed by atoms with Gasteiger partial charge in [0.1, 0.15) is 0 Å². The summed E-state index contributed by atoms with van der Waals surface area (Å²) in [5.74, 6) is 0. The van der Waals surface area contributed by atoms with E-state index in [0.717, 1.165) is 0 Å². The van der Waals surface area contributed by atoms with Crippen molar-refractivity contribution in [1.29, 1.82) is 0 Å². The highest BCUT2D eigenvalue weighted by molar-refractivity contribution is 4.58. The van der Waals surface area contributed by atoms with Crippen LogP contribution in [0.25, 0.3) is 0 Å². The van der Waals surface area contributed by atoms with E-state index in [0.29, 0.717) is 26.4 Å². The summed E-state index contributed by atoms with van der Waals surface area (Å²) in [5, 5.41) is 19.5. The maximum atomic E-state index is 8.26. The second kappa shape index (κ2) is 11.8. The Hall–Kier alpha value is -0.200. The van der Waals surface area contributed by atoms with Crippen LogP contribution >= 0.6 is 0 Å². The first-order valence-corrected chi connectivity index (χ1v) is 4.49. The zero-order chi connectivity index (χ0) is 9.78. The van der Waals surface area contributed by atoms with Crippen molar-refractivity contribution in [1.82, 2.24) is 5.32 Å². The number of rotatable bonds is 7. The van der Waals surface area contributed by atoms with Gasteiger partial charge in [0.25, 0.3) is 0 Å². The van der Waals surface area contributed by atoms with Crippen LogP contribution in [0.15, 0.2) is 0 Å². The molecule has 3 N–H and O–H groups in total. The molecule has 1 saturated heterocycles. The molecule has 0 aromatic carbocycles. The summed E-state index contributed by atoms with van der Waals surface area (Å²) in [5.41, 5.74) is 0. The molecule has 1 rings (SSSR count). The fraction of sp³-hybridized carbons (Fsp3) is 1.00. The fourth-order valence-corrected chi connectivity index (χ4v) is 0.451. The van der Waals surface area contributed by atoms with Crippen molar-refractivity contribution >= 4 is 0 Å². The predicted octanol–water partition coefficient (Wildman–Crippen LogP) is -1.41. The zero-order valence-corrected chi connectivity index (χ0v) is 7.87. The summed E-state index contributed by atoms with van der Waals surface area (Å²) < 4.78 is 9.75. The molecule has 0 atom stereocenters. The molecule has 1 heterocycles. The van der Waals surface area contributed by atoms with Crippen molar-refractivity contribution in [2.24, 2.45) is 0 Å². The largest absolute Gasteiger partial charge is 0.394 e. The van der Waals surface area contributed by atoms with Crippen molar-refractivity contribution in [3.05, 3.63) is 0 Å². The zero-order valence-electron chi connectivity index (χ0n) is 7.87. The summed E-state index contributed by atoms with van der Waals surface area (Å²) >= 11 is 0. The molecule has 0 spiro atoms. The summed E-state index contributed by atoms with van der Waals surface area (Å²) in [4.78, 5) is 0. The molecule has 0 unspecified atom stereocenters. The molecule has 1 fully saturated rings. The van der Waals surface area contributed by atoms with Crippen LogP contribution < -0.4 is 5.32 Å². The first kappa shape index (κ1) is 12.8. The smallest absolute Gasteiger partial charge is 0.0701 e. The van der Waals surface area contributed by atoms with Gasteiger partial charge in [-0.05, 0) is 0 Å². The van der Waals surface area contributed by atoms with E-state index in [1.165, 1.54) is 13.1 Å². The maximum Gasteiger partial charge on any atom is 0.0701 e. The average molecular weight is 193 g/mol. The Kier molecular flexibility index (Phi) is 11.6. The van der Waals surface area contributed by atoms with E-state index in [-0.39, 0.29) is 13.2 Å². The van der Waals surface area contributed by atoms with Crippen LogP contribution in [0.3, 0.4) is 0 Å². The highest BCUT2D eigenvalue weighted by atomic mass is 16.5. The lowest BCUT2D eigenvalue weighted by Gasteiger charge is -2.01. The second-order valence-corrected chi connectivity index (χ2v) is 2.42. The standard InChI is InChI=1S/C6H14O4.C2H5N/c7-1-3-9-5-6-10-4-2-8;1-2-3-1/h7-8H,1-6H2;3H,1-2H2. The number of aliphatic hydroxyl groups is 2. The normalized spacial score (nSPS) is 13.4. The minimum absolute atomic E-state index is 0.0417. The minimum Gasteiger partial charge on any atom is -0.394 e. The SMILES string of the molecule is C1CN1.OCCOCCOCCO. The highest BCUT2D eigenvalue weighted by Gasteiger charge is 1.91. The minimum atomic E-state index is 0.0417. The van der Waals surface area contributed by atoms with Crippen molar-refractivity contribution in [3.63, 3.8) is 0 Å². The van der Waals surface area contributed by atoms with Crippen LogP contribution in [0.1, 0.15) is 0 Å². The molecule has 1 aliphatic heterocycles. The lowest BCUT2D eigenvalue weighted by molar-refractivity contribution is 0.0222. The summed E-state index contributed by atoms with van der Waals surface area (Å²) in [6.45, 7) is 4.23. The van der Waals surface area contributed by atoms with Crippen LogP contribution in [0.5, 0.6) is 0 Å². The van der Waals surface area contributed by atoms with Crippen LogP contribution in [-0.4, -0.2) is 62.9 Å². The Morgan fingerprint density at radius 2 is 1.23 bits per heavy atom. The van der Waals surface area contributed by atoms with E-state index in [9.17, 15) is 0 Å². The molecule has 0 saturated carbocycles. The van der Waals surface area contributed by atoms with Crippen molar-refractivity contribution in [3.8, 4) is 0 Å². The topological polar surface area (TPSA) is 80.9 Å². The molecule has 0 aromatic rings. The van der Waals surface area contributed by atoms with Gasteiger partial charge in [0.15, 0.2) is 0 Å². The van der Waals surface area contributed by atoms with E-state index in [4.69, 9.17) is 19.7 Å². The van der Waals surface area contributed by atoms with Gasteiger partial charge in [-0.25, -0.2) is 0 Å². The third-order valence-corrected chi connectivity index (χ3v) is 1.09. The number of hydrogen-bond donors (Lipinski definition) is 3. The number of hydrogen-bond acceptors (Lipinski definition) is 5. The molecule has 0 aromatic heterocycles. The first-order chi connectivity index (χ1) is 6.41. The van der Waals surface area contributed by atoms with E-state index < -0.39 is 0 Å². The van der Waals surface area contributed by atoms with Crippen LogP contribution in [0, 0.1) is 0 Å². The Bertz CT molecular complexity index is 79.5. The van der Waals surface area contributed by atoms with Crippen molar-refractivity contribution < 1.29 is 19.7 Å². The summed E-state index contributed by atoms with van der Waals surface area (Å²) in [6.07, 6.45) is 0. The first-order valence-electron chi connectivity index (χ1n) is 4.49. The molecule has 5 heteroatoms. The number of aliphatic hydroxyl groups excluding tert-OH is 2. The van der Waals surface area contributed by atoms with E-state index >= 15 is 0 Å². The Morgan fingerprint density at radius 1 is 0.846 bits per heavy atom. The van der Waals surface area contributed by atoms with Crippen molar-refractivity contribution in [2.45, 2.75) is 0 Å². The average Bonchev–Trinajstić information content (AvgIpc) is 2.98. The third-order valence-electron chi connectivity index (χ3n) is 1.09. The lowest BCUT2D eigenvalue weighted by atomic mass is 10.7. The molecule has 0 bridgehead atoms. The molecule has 0 aliphatic carbocycles. The molecular weight excluding hydrogens is 174 g/mol. The predicted molar refractivity (Wildman–Crippen MR) is 48.7 cm³/mol. The van der Waals surface area contributed by atoms with Gasteiger partial charge in [-0.15, -0.1) is 0 Å². The van der Waals surface area contributed by atoms with Gasteiger partial charge in [-0.3, -0.25) is 0 Å². The second-order valence-electron chi connectivity index (χ2n) is 2.42. The molecular formula is C8H19NO4. The van der Waals surface area contributed by atoms with Gasteiger partial charge in [0, 0.05) is 13.1 Å². The van der Waals surface area contributed by atoms with Crippen LogP contribution in [0.4, 0.5) is 0 Å². The molecule has 1 aliphatic rings.